The van der Waals surface area contributed by atoms with Gasteiger partial charge in [0.2, 0.25) is 5.91 Å². The molecule has 1 aromatic rings. The highest BCUT2D eigenvalue weighted by Gasteiger charge is 2.48. The molecule has 2 N–H and O–H groups in total. The molecule has 2 aliphatic rings. The van der Waals surface area contributed by atoms with E-state index in [2.05, 4.69) is 5.32 Å². The second-order valence-electron chi connectivity index (χ2n) is 5.77. The van der Waals surface area contributed by atoms with Crippen LogP contribution in [0, 0.1) is 33.8 Å². The number of anilines is 1. The molecular weight excluding hydrogens is 304 g/mol. The second kappa shape index (κ2) is 5.38. The number of aromatic hydroxyl groups is 1. The van der Waals surface area contributed by atoms with Crippen LogP contribution >= 0.6 is 0 Å². The van der Waals surface area contributed by atoms with Crippen LogP contribution in [0.25, 0.3) is 0 Å². The number of carboxylic acid groups (broad SMARTS) is 1. The highest BCUT2D eigenvalue weighted by Crippen LogP contribution is 2.48. The van der Waals surface area contributed by atoms with Crippen molar-refractivity contribution >= 4 is 23.3 Å². The number of benzene rings is 1. The molecule has 120 valence electrons. The summed E-state index contributed by atoms with van der Waals surface area (Å²) in [7, 11) is 0. The van der Waals surface area contributed by atoms with Crippen LogP contribution in [0.4, 0.5) is 11.4 Å². The Morgan fingerprint density at radius 2 is 1.87 bits per heavy atom. The SMILES string of the molecule is O=C([O-])[C@@H]1[C@@H](C(=O)Nc2ccc([N+](=O)[O-])cc2O)[C@H]2C=C[C@H]1C2. The van der Waals surface area contributed by atoms with Crippen molar-refractivity contribution in [1.82, 2.24) is 0 Å². The second-order valence-corrected chi connectivity index (χ2v) is 5.77. The zero-order chi connectivity index (χ0) is 16.7. The number of carboxylic acids is 1. The molecule has 0 aromatic heterocycles. The number of hydrogen-bond acceptors (Lipinski definition) is 6. The minimum absolute atomic E-state index is 0.00412. The van der Waals surface area contributed by atoms with Gasteiger partial charge in [0.15, 0.2) is 0 Å². The molecule has 2 aliphatic carbocycles. The van der Waals surface area contributed by atoms with Crippen LogP contribution < -0.4 is 10.4 Å². The van der Waals surface area contributed by atoms with Gasteiger partial charge in [0.1, 0.15) is 5.75 Å². The standard InChI is InChI=1S/C15H14N2O6/c18-11-6-9(17(22)23)3-4-10(11)16-14(19)12-7-1-2-8(5-7)13(12)15(20)21/h1-4,6-8,12-13,18H,5H2,(H,16,19)(H,20,21)/p-1/t7-,8-,12-,13-/m0/s1. The number of rotatable bonds is 4. The molecule has 2 bridgehead atoms. The lowest BCUT2D eigenvalue weighted by Crippen LogP contribution is -2.42. The van der Waals surface area contributed by atoms with Gasteiger partial charge in [0.05, 0.1) is 22.6 Å². The summed E-state index contributed by atoms with van der Waals surface area (Å²) in [6.07, 6.45) is 4.20. The molecule has 1 amide bonds. The number of amides is 1. The molecule has 1 fully saturated rings. The number of nitrogens with zero attached hydrogens (tertiary/aromatic N) is 1. The van der Waals surface area contributed by atoms with E-state index >= 15 is 0 Å². The smallest absolute Gasteiger partial charge is 0.273 e. The van der Waals surface area contributed by atoms with Crippen LogP contribution in [0.3, 0.4) is 0 Å². The number of carbonyl (C=O) groups excluding carboxylic acids is 2. The molecule has 0 unspecified atom stereocenters. The van der Waals surface area contributed by atoms with Crippen molar-refractivity contribution < 1.29 is 24.7 Å². The molecule has 0 radical (unpaired) electrons. The Labute approximate surface area is 130 Å². The van der Waals surface area contributed by atoms with Crippen LogP contribution in [0.2, 0.25) is 0 Å². The largest absolute Gasteiger partial charge is 0.550 e. The van der Waals surface area contributed by atoms with Gasteiger partial charge >= 0.3 is 0 Å². The maximum atomic E-state index is 12.4. The first-order valence-corrected chi connectivity index (χ1v) is 7.06. The van der Waals surface area contributed by atoms with Gasteiger partial charge in [-0.15, -0.1) is 0 Å². The zero-order valence-electron chi connectivity index (χ0n) is 11.8. The monoisotopic (exact) mass is 317 g/mol. The summed E-state index contributed by atoms with van der Waals surface area (Å²) in [6, 6.07) is 3.28. The summed E-state index contributed by atoms with van der Waals surface area (Å²) in [6.45, 7) is 0. The number of allylic oxidation sites excluding steroid dienone is 2. The third-order valence-corrected chi connectivity index (χ3v) is 4.48. The molecule has 3 rings (SSSR count). The van der Waals surface area contributed by atoms with Crippen LogP contribution in [-0.2, 0) is 9.59 Å². The van der Waals surface area contributed by atoms with Gasteiger partial charge in [-0.25, -0.2) is 0 Å². The number of phenols is 1. The highest BCUT2D eigenvalue weighted by atomic mass is 16.6. The maximum absolute atomic E-state index is 12.4. The van der Waals surface area contributed by atoms with Crippen molar-refractivity contribution in [2.75, 3.05) is 5.32 Å². The van der Waals surface area contributed by atoms with E-state index in [0.29, 0.717) is 6.42 Å². The van der Waals surface area contributed by atoms with Gasteiger partial charge in [0, 0.05) is 18.0 Å². The number of hydrogen-bond donors (Lipinski definition) is 2. The summed E-state index contributed by atoms with van der Waals surface area (Å²) in [5.41, 5.74) is -0.305. The van der Waals surface area contributed by atoms with E-state index in [1.165, 1.54) is 6.07 Å². The lowest BCUT2D eigenvalue weighted by atomic mass is 9.82. The lowest BCUT2D eigenvalue weighted by molar-refractivity contribution is -0.384. The summed E-state index contributed by atoms with van der Waals surface area (Å²) in [5.74, 6) is -4.32. The first-order valence-electron chi connectivity index (χ1n) is 7.06. The van der Waals surface area contributed by atoms with Crippen molar-refractivity contribution in [3.63, 3.8) is 0 Å². The number of carbonyl (C=O) groups is 2. The fourth-order valence-corrected chi connectivity index (χ4v) is 3.46. The molecule has 0 heterocycles. The van der Waals surface area contributed by atoms with E-state index in [1.54, 1.807) is 6.08 Å². The Morgan fingerprint density at radius 3 is 2.43 bits per heavy atom. The van der Waals surface area contributed by atoms with Gasteiger partial charge in [0.25, 0.3) is 5.69 Å². The molecule has 0 spiro atoms. The van der Waals surface area contributed by atoms with E-state index in [4.69, 9.17) is 0 Å². The number of nitro groups is 1. The van der Waals surface area contributed by atoms with Crippen molar-refractivity contribution in [1.29, 1.82) is 0 Å². The van der Waals surface area contributed by atoms with Gasteiger partial charge in [-0.3, -0.25) is 14.9 Å². The van der Waals surface area contributed by atoms with Crippen molar-refractivity contribution in [2.45, 2.75) is 6.42 Å². The fourth-order valence-electron chi connectivity index (χ4n) is 3.46. The van der Waals surface area contributed by atoms with Gasteiger partial charge in [-0.2, -0.15) is 0 Å². The number of nitro benzene ring substituents is 1. The lowest BCUT2D eigenvalue weighted by Gasteiger charge is -2.27. The molecule has 0 aliphatic heterocycles. The summed E-state index contributed by atoms with van der Waals surface area (Å²) < 4.78 is 0. The summed E-state index contributed by atoms with van der Waals surface area (Å²) in [5, 5.41) is 34.2. The Hall–Kier alpha value is -2.90. The number of phenolic OH excluding ortho intramolecular Hbond substituents is 1. The number of nitrogens with one attached hydrogen (secondary N) is 1. The van der Waals surface area contributed by atoms with Gasteiger partial charge in [-0.1, -0.05) is 12.2 Å². The summed E-state index contributed by atoms with van der Waals surface area (Å²) in [4.78, 5) is 33.7. The normalized spacial score (nSPS) is 27.8. The van der Waals surface area contributed by atoms with E-state index < -0.39 is 34.4 Å². The third kappa shape index (κ3) is 2.52. The Balaban J connectivity index is 1.81. The third-order valence-electron chi connectivity index (χ3n) is 4.48. The minimum Gasteiger partial charge on any atom is -0.550 e. The first-order chi connectivity index (χ1) is 10.9. The predicted octanol–water partition coefficient (Wildman–Crippen LogP) is 0.427. The van der Waals surface area contributed by atoms with Crippen molar-refractivity contribution in [3.8, 4) is 5.75 Å². The van der Waals surface area contributed by atoms with Crippen molar-refractivity contribution in [3.05, 3.63) is 40.5 Å². The van der Waals surface area contributed by atoms with Gasteiger partial charge < -0.3 is 20.3 Å². The summed E-state index contributed by atoms with van der Waals surface area (Å²) >= 11 is 0. The number of non-ortho nitro benzene ring substituents is 1. The first kappa shape index (κ1) is 15.0. The van der Waals surface area contributed by atoms with Crippen LogP contribution in [0.15, 0.2) is 30.4 Å². The Morgan fingerprint density at radius 1 is 1.22 bits per heavy atom. The molecule has 1 saturated carbocycles. The molecule has 1 aromatic carbocycles. The van der Waals surface area contributed by atoms with Gasteiger partial charge in [-0.05, 0) is 24.3 Å². The van der Waals surface area contributed by atoms with E-state index in [0.717, 1.165) is 12.1 Å². The molecular formula is C15H13N2O6-. The van der Waals surface area contributed by atoms with E-state index in [1.807, 2.05) is 6.08 Å². The zero-order valence-corrected chi connectivity index (χ0v) is 11.8. The fraction of sp³-hybridized carbons (Fsp3) is 0.333. The molecule has 8 heteroatoms. The van der Waals surface area contributed by atoms with E-state index in [9.17, 15) is 29.9 Å². The Bertz CT molecular complexity index is 729. The maximum Gasteiger partial charge on any atom is 0.273 e. The highest BCUT2D eigenvalue weighted by molar-refractivity contribution is 5.97. The quantitative estimate of drug-likeness (QED) is 0.358. The van der Waals surface area contributed by atoms with E-state index in [-0.39, 0.29) is 23.2 Å². The molecule has 4 atom stereocenters. The number of aliphatic carboxylic acids is 1. The topological polar surface area (TPSA) is 133 Å². The Kier molecular flexibility index (Phi) is 3.51. The van der Waals surface area contributed by atoms with Crippen LogP contribution in [0.1, 0.15) is 6.42 Å². The molecule has 0 saturated heterocycles. The van der Waals surface area contributed by atoms with Crippen LogP contribution in [0.5, 0.6) is 5.75 Å². The molecule has 23 heavy (non-hydrogen) atoms. The van der Waals surface area contributed by atoms with Crippen LogP contribution in [-0.4, -0.2) is 21.9 Å². The average Bonchev–Trinajstić information content (AvgIpc) is 3.09. The molecule has 8 nitrogen and oxygen atoms in total. The average molecular weight is 317 g/mol. The number of fused-ring (bicyclic) bond motifs is 2. The minimum atomic E-state index is -1.27. The predicted molar refractivity (Wildman–Crippen MR) is 76.1 cm³/mol. The van der Waals surface area contributed by atoms with Crippen molar-refractivity contribution in [2.24, 2.45) is 23.7 Å².